The molecular formula is C26H30N5O2S2+. The molecule has 1 aliphatic heterocycles. The highest BCUT2D eigenvalue weighted by Gasteiger charge is 2.20. The minimum absolute atomic E-state index is 0.127. The van der Waals surface area contributed by atoms with Crippen LogP contribution in [0, 0.1) is 0 Å². The molecule has 3 heterocycles. The number of fused-ring (bicyclic) bond motifs is 1. The van der Waals surface area contributed by atoms with Gasteiger partial charge in [0, 0.05) is 17.5 Å². The molecule has 1 fully saturated rings. The zero-order chi connectivity index (χ0) is 24.3. The Morgan fingerprint density at radius 1 is 0.971 bits per heavy atom. The number of thiophene rings is 1. The number of sulfonamides is 1. The number of nitrogens with one attached hydrogen (secondary N) is 2. The Hall–Kier alpha value is -2.85. The Morgan fingerprint density at radius 2 is 1.71 bits per heavy atom. The monoisotopic (exact) mass is 508 g/mol. The zero-order valence-electron chi connectivity index (χ0n) is 19.5. The second-order valence-electron chi connectivity index (χ2n) is 9.04. The number of hydrogen-bond donors (Lipinski definition) is 3. The van der Waals surface area contributed by atoms with Crippen LogP contribution in [0.4, 0.5) is 5.82 Å². The van der Waals surface area contributed by atoms with Gasteiger partial charge in [-0.3, -0.25) is 0 Å². The van der Waals surface area contributed by atoms with E-state index in [1.165, 1.54) is 32.4 Å². The number of benzene rings is 2. The van der Waals surface area contributed by atoms with Gasteiger partial charge in [0.1, 0.15) is 17.2 Å². The van der Waals surface area contributed by atoms with Crippen LogP contribution in [0.3, 0.4) is 0 Å². The maximum atomic E-state index is 11.5. The van der Waals surface area contributed by atoms with Crippen molar-refractivity contribution in [3.8, 4) is 11.1 Å². The van der Waals surface area contributed by atoms with Crippen LogP contribution in [-0.4, -0.2) is 38.0 Å². The molecule has 0 aliphatic carbocycles. The Labute approximate surface area is 210 Å². The first-order valence-electron chi connectivity index (χ1n) is 12.0. The van der Waals surface area contributed by atoms with Crippen LogP contribution in [0.15, 0.2) is 64.9 Å². The van der Waals surface area contributed by atoms with E-state index in [1.54, 1.807) is 28.4 Å². The van der Waals surface area contributed by atoms with Gasteiger partial charge in [-0.05, 0) is 48.9 Å². The van der Waals surface area contributed by atoms with Crippen molar-refractivity contribution >= 4 is 37.4 Å². The molecule has 0 bridgehead atoms. The SMILES string of the molecule is NS(=O)(=O)c1ccc(CCNc2nc(C[NH+]3CCCCC3)nc3scc(-c4ccccc4)c23)cc1. The Kier molecular flexibility index (Phi) is 7.10. The molecule has 2 aromatic heterocycles. The van der Waals surface area contributed by atoms with Crippen LogP contribution in [0.1, 0.15) is 30.7 Å². The number of piperidine rings is 1. The lowest BCUT2D eigenvalue weighted by Gasteiger charge is -2.23. The summed E-state index contributed by atoms with van der Waals surface area (Å²) in [7, 11) is -3.68. The smallest absolute Gasteiger partial charge is 0.238 e. The van der Waals surface area contributed by atoms with Crippen LogP contribution < -0.4 is 15.4 Å². The molecule has 0 spiro atoms. The van der Waals surface area contributed by atoms with Crippen molar-refractivity contribution in [2.24, 2.45) is 5.14 Å². The number of anilines is 1. The molecule has 0 atom stereocenters. The summed E-state index contributed by atoms with van der Waals surface area (Å²) in [4.78, 5) is 12.6. The summed E-state index contributed by atoms with van der Waals surface area (Å²) in [6.07, 6.45) is 4.59. The highest BCUT2D eigenvalue weighted by molar-refractivity contribution is 7.89. The summed E-state index contributed by atoms with van der Waals surface area (Å²) in [6.45, 7) is 3.87. The first kappa shape index (κ1) is 23.9. The van der Waals surface area contributed by atoms with Gasteiger partial charge < -0.3 is 10.2 Å². The third-order valence-electron chi connectivity index (χ3n) is 6.49. The number of hydrogen-bond acceptors (Lipinski definition) is 6. The summed E-state index contributed by atoms with van der Waals surface area (Å²) >= 11 is 1.66. The topological polar surface area (TPSA) is 102 Å². The quantitative estimate of drug-likeness (QED) is 0.339. The van der Waals surface area contributed by atoms with Crippen LogP contribution in [0.25, 0.3) is 21.3 Å². The molecule has 7 nitrogen and oxygen atoms in total. The molecule has 1 aliphatic rings. The Morgan fingerprint density at radius 3 is 2.43 bits per heavy atom. The zero-order valence-corrected chi connectivity index (χ0v) is 21.2. The molecule has 0 amide bonds. The van der Waals surface area contributed by atoms with Gasteiger partial charge >= 0.3 is 0 Å². The molecule has 182 valence electrons. The van der Waals surface area contributed by atoms with E-state index >= 15 is 0 Å². The summed E-state index contributed by atoms with van der Waals surface area (Å²) < 4.78 is 23.0. The summed E-state index contributed by atoms with van der Waals surface area (Å²) in [6, 6.07) is 17.1. The lowest BCUT2D eigenvalue weighted by atomic mass is 10.1. The number of likely N-dealkylation sites (tertiary alicyclic amines) is 1. The van der Waals surface area contributed by atoms with Gasteiger partial charge in [0.2, 0.25) is 10.0 Å². The molecule has 1 saturated heterocycles. The maximum Gasteiger partial charge on any atom is 0.238 e. The minimum atomic E-state index is -3.68. The third kappa shape index (κ3) is 5.70. The fourth-order valence-corrected chi connectivity index (χ4v) is 6.13. The van der Waals surface area contributed by atoms with E-state index in [9.17, 15) is 8.42 Å². The fourth-order valence-electron chi connectivity index (χ4n) is 4.65. The van der Waals surface area contributed by atoms with Crippen molar-refractivity contribution in [1.82, 2.24) is 9.97 Å². The molecule has 2 aromatic carbocycles. The molecule has 0 saturated carbocycles. The normalized spacial score (nSPS) is 14.9. The summed E-state index contributed by atoms with van der Waals surface area (Å²) in [5, 5.41) is 12.0. The molecule has 35 heavy (non-hydrogen) atoms. The highest BCUT2D eigenvalue weighted by Crippen LogP contribution is 2.36. The van der Waals surface area contributed by atoms with E-state index in [0.29, 0.717) is 6.54 Å². The second-order valence-corrected chi connectivity index (χ2v) is 11.5. The van der Waals surface area contributed by atoms with E-state index in [-0.39, 0.29) is 4.90 Å². The molecule has 4 N–H and O–H groups in total. The molecule has 5 rings (SSSR count). The van der Waals surface area contributed by atoms with Gasteiger partial charge in [0.25, 0.3) is 0 Å². The first-order valence-corrected chi connectivity index (χ1v) is 14.4. The average molecular weight is 509 g/mol. The van der Waals surface area contributed by atoms with Crippen molar-refractivity contribution in [3.63, 3.8) is 0 Å². The Bertz CT molecular complexity index is 1400. The standard InChI is InChI=1S/C26H29N5O2S2/c27-35(32,33)21-11-9-19(10-12-21)13-14-28-25-24-22(20-7-3-1-4-8-20)18-34-26(24)30-23(29-25)17-31-15-5-2-6-16-31/h1,3-4,7-12,18H,2,5-6,13-17H2,(H2,27,32,33)(H,28,29,30)/p+1. The number of quaternary nitrogens is 1. The van der Waals surface area contributed by atoms with Gasteiger partial charge in [-0.2, -0.15) is 0 Å². The summed E-state index contributed by atoms with van der Waals surface area (Å²) in [5.74, 6) is 1.75. The van der Waals surface area contributed by atoms with Crippen molar-refractivity contribution in [2.45, 2.75) is 37.1 Å². The van der Waals surface area contributed by atoms with E-state index in [1.807, 2.05) is 30.3 Å². The molecule has 4 aromatic rings. The van der Waals surface area contributed by atoms with Gasteiger partial charge in [-0.25, -0.2) is 23.5 Å². The first-order chi connectivity index (χ1) is 17.0. The van der Waals surface area contributed by atoms with Crippen LogP contribution in [0.5, 0.6) is 0 Å². The Balaban J connectivity index is 1.41. The summed E-state index contributed by atoms with van der Waals surface area (Å²) in [5.41, 5.74) is 3.32. The minimum Gasteiger partial charge on any atom is -0.369 e. The second kappa shape index (κ2) is 10.4. The van der Waals surface area contributed by atoms with Gasteiger partial charge in [0.15, 0.2) is 5.82 Å². The van der Waals surface area contributed by atoms with Crippen molar-refractivity contribution < 1.29 is 13.3 Å². The van der Waals surface area contributed by atoms with E-state index in [0.717, 1.165) is 51.5 Å². The van der Waals surface area contributed by atoms with Gasteiger partial charge in [-0.15, -0.1) is 11.3 Å². The maximum absolute atomic E-state index is 11.5. The van der Waals surface area contributed by atoms with Crippen molar-refractivity contribution in [1.29, 1.82) is 0 Å². The number of primary sulfonamides is 1. The lowest BCUT2D eigenvalue weighted by Crippen LogP contribution is -3.11. The van der Waals surface area contributed by atoms with Gasteiger partial charge in [0.05, 0.1) is 23.4 Å². The number of nitrogens with two attached hydrogens (primary N) is 1. The molecule has 0 radical (unpaired) electrons. The predicted octanol–water partition coefficient (Wildman–Crippen LogP) is 3.23. The average Bonchev–Trinajstić information content (AvgIpc) is 3.29. The van der Waals surface area contributed by atoms with Crippen LogP contribution in [-0.2, 0) is 23.0 Å². The molecular weight excluding hydrogens is 478 g/mol. The van der Waals surface area contributed by atoms with E-state index in [4.69, 9.17) is 15.1 Å². The molecule has 0 unspecified atom stereocenters. The van der Waals surface area contributed by atoms with Crippen LogP contribution >= 0.6 is 11.3 Å². The number of aromatic nitrogens is 2. The highest BCUT2D eigenvalue weighted by atomic mass is 32.2. The van der Waals surface area contributed by atoms with E-state index < -0.39 is 10.0 Å². The predicted molar refractivity (Wildman–Crippen MR) is 141 cm³/mol. The molecule has 9 heteroatoms. The van der Waals surface area contributed by atoms with Crippen molar-refractivity contribution in [3.05, 3.63) is 71.4 Å². The van der Waals surface area contributed by atoms with E-state index in [2.05, 4.69) is 22.8 Å². The van der Waals surface area contributed by atoms with Gasteiger partial charge in [-0.1, -0.05) is 42.5 Å². The fraction of sp³-hybridized carbons (Fsp3) is 0.308. The lowest BCUT2D eigenvalue weighted by molar-refractivity contribution is -0.919. The number of rotatable bonds is 8. The van der Waals surface area contributed by atoms with Crippen molar-refractivity contribution in [2.75, 3.05) is 25.0 Å². The van der Waals surface area contributed by atoms with Crippen LogP contribution in [0.2, 0.25) is 0 Å². The largest absolute Gasteiger partial charge is 0.369 e. The number of nitrogens with zero attached hydrogens (tertiary/aromatic N) is 2. The third-order valence-corrected chi connectivity index (χ3v) is 8.29.